The van der Waals surface area contributed by atoms with Crippen molar-refractivity contribution in [1.82, 2.24) is 15.6 Å². The standard InChI is InChI=1S/C22H34N4O2S.HI/c1-6-19-17(4)29-21(26-19)10-11-24-22(23-5)25-15-18-9-8-16(3)14-20(18)28-13-12-27-7-2;/h8-9,14H,6-7,10-13,15H2,1-5H3,(H2,23,24,25);1H. The highest BCUT2D eigenvalue weighted by molar-refractivity contribution is 14.0. The highest BCUT2D eigenvalue weighted by Gasteiger charge is 2.08. The predicted molar refractivity (Wildman–Crippen MR) is 137 cm³/mol. The van der Waals surface area contributed by atoms with E-state index in [0.29, 0.717) is 26.4 Å². The number of guanidine groups is 1. The van der Waals surface area contributed by atoms with E-state index in [1.165, 1.54) is 21.1 Å². The molecule has 1 aromatic carbocycles. The van der Waals surface area contributed by atoms with Gasteiger partial charge in [0.15, 0.2) is 5.96 Å². The summed E-state index contributed by atoms with van der Waals surface area (Å²) in [5.41, 5.74) is 3.48. The average molecular weight is 547 g/mol. The van der Waals surface area contributed by atoms with Crippen LogP contribution in [0.25, 0.3) is 0 Å². The number of halogens is 1. The minimum absolute atomic E-state index is 0. The number of hydrogen-bond donors (Lipinski definition) is 2. The summed E-state index contributed by atoms with van der Waals surface area (Å²) in [5.74, 6) is 1.66. The molecule has 2 rings (SSSR count). The molecule has 168 valence electrons. The van der Waals surface area contributed by atoms with Crippen LogP contribution < -0.4 is 15.4 Å². The number of aryl methyl sites for hydroxylation is 3. The van der Waals surface area contributed by atoms with E-state index in [-0.39, 0.29) is 24.0 Å². The van der Waals surface area contributed by atoms with Crippen LogP contribution in [0.3, 0.4) is 0 Å². The molecule has 1 heterocycles. The fourth-order valence-corrected chi connectivity index (χ4v) is 3.93. The lowest BCUT2D eigenvalue weighted by atomic mass is 10.1. The maximum absolute atomic E-state index is 5.92. The topological polar surface area (TPSA) is 67.8 Å². The molecule has 0 saturated heterocycles. The second kappa shape index (κ2) is 14.6. The fraction of sp³-hybridized carbons (Fsp3) is 0.545. The van der Waals surface area contributed by atoms with E-state index >= 15 is 0 Å². The third-order valence-electron chi connectivity index (χ3n) is 4.49. The van der Waals surface area contributed by atoms with Crippen LogP contribution in [0, 0.1) is 13.8 Å². The minimum atomic E-state index is 0. The van der Waals surface area contributed by atoms with Gasteiger partial charge in [0.05, 0.1) is 17.3 Å². The van der Waals surface area contributed by atoms with Crippen molar-refractivity contribution in [3.05, 3.63) is 44.9 Å². The number of benzene rings is 1. The van der Waals surface area contributed by atoms with Crippen LogP contribution in [-0.2, 0) is 24.1 Å². The van der Waals surface area contributed by atoms with Crippen LogP contribution in [-0.4, -0.2) is 44.4 Å². The molecule has 6 nitrogen and oxygen atoms in total. The zero-order chi connectivity index (χ0) is 21.1. The Morgan fingerprint density at radius 1 is 1.17 bits per heavy atom. The van der Waals surface area contributed by atoms with Gasteiger partial charge in [0.2, 0.25) is 0 Å². The largest absolute Gasteiger partial charge is 0.491 e. The normalized spacial score (nSPS) is 11.2. The van der Waals surface area contributed by atoms with Gasteiger partial charge in [0.25, 0.3) is 0 Å². The van der Waals surface area contributed by atoms with E-state index in [2.05, 4.69) is 54.6 Å². The molecule has 0 aliphatic rings. The number of nitrogens with zero attached hydrogens (tertiary/aromatic N) is 2. The molecule has 0 aliphatic heterocycles. The zero-order valence-corrected chi connectivity index (χ0v) is 21.9. The smallest absolute Gasteiger partial charge is 0.191 e. The van der Waals surface area contributed by atoms with E-state index in [1.54, 1.807) is 18.4 Å². The highest BCUT2D eigenvalue weighted by atomic mass is 127. The lowest BCUT2D eigenvalue weighted by Crippen LogP contribution is -2.37. The summed E-state index contributed by atoms with van der Waals surface area (Å²) < 4.78 is 11.3. The minimum Gasteiger partial charge on any atom is -0.491 e. The SMILES string of the molecule is CCOCCOc1cc(C)ccc1CNC(=NC)NCCc1nc(CC)c(C)s1.I. The molecule has 8 heteroatoms. The van der Waals surface area contributed by atoms with Crippen molar-refractivity contribution in [2.75, 3.05) is 33.4 Å². The summed E-state index contributed by atoms with van der Waals surface area (Å²) in [6.07, 6.45) is 1.88. The van der Waals surface area contributed by atoms with Crippen LogP contribution in [0.4, 0.5) is 0 Å². The number of rotatable bonds is 11. The van der Waals surface area contributed by atoms with Crippen LogP contribution in [0.1, 0.15) is 40.6 Å². The third kappa shape index (κ3) is 8.77. The van der Waals surface area contributed by atoms with Crippen molar-refractivity contribution in [3.8, 4) is 5.75 Å². The van der Waals surface area contributed by atoms with Crippen molar-refractivity contribution in [2.45, 2.75) is 47.1 Å². The van der Waals surface area contributed by atoms with Crippen molar-refractivity contribution in [3.63, 3.8) is 0 Å². The first-order valence-corrected chi connectivity index (χ1v) is 11.1. The Labute approximate surface area is 201 Å². The van der Waals surface area contributed by atoms with Gasteiger partial charge in [-0.3, -0.25) is 4.99 Å². The Kier molecular flexibility index (Phi) is 13.0. The Morgan fingerprint density at radius 2 is 1.97 bits per heavy atom. The molecule has 0 unspecified atom stereocenters. The Balaban J connectivity index is 0.00000450. The van der Waals surface area contributed by atoms with Gasteiger partial charge in [-0.15, -0.1) is 35.3 Å². The fourth-order valence-electron chi connectivity index (χ4n) is 2.91. The Hall–Kier alpha value is -1.39. The van der Waals surface area contributed by atoms with E-state index in [0.717, 1.165) is 36.7 Å². The Morgan fingerprint density at radius 3 is 2.63 bits per heavy atom. The third-order valence-corrected chi connectivity index (χ3v) is 5.56. The maximum Gasteiger partial charge on any atom is 0.191 e. The van der Waals surface area contributed by atoms with Gasteiger partial charge in [-0.2, -0.15) is 0 Å². The number of hydrogen-bond acceptors (Lipinski definition) is 5. The molecule has 2 N–H and O–H groups in total. The molecule has 0 bridgehead atoms. The summed E-state index contributed by atoms with van der Waals surface area (Å²) in [5, 5.41) is 7.91. The average Bonchev–Trinajstić information content (AvgIpc) is 3.08. The molecule has 2 aromatic rings. The van der Waals surface area contributed by atoms with E-state index < -0.39 is 0 Å². The molecule has 0 amide bonds. The van der Waals surface area contributed by atoms with Gasteiger partial charge in [-0.1, -0.05) is 19.1 Å². The van der Waals surface area contributed by atoms with Gasteiger partial charge in [0.1, 0.15) is 12.4 Å². The molecule has 0 spiro atoms. The first-order valence-electron chi connectivity index (χ1n) is 10.3. The van der Waals surface area contributed by atoms with Crippen molar-refractivity contribution >= 4 is 41.3 Å². The molecule has 30 heavy (non-hydrogen) atoms. The van der Waals surface area contributed by atoms with Crippen LogP contribution in [0.2, 0.25) is 0 Å². The molecule has 1 aromatic heterocycles. The molecule has 0 atom stereocenters. The number of aromatic nitrogens is 1. The first-order chi connectivity index (χ1) is 14.1. The second-order valence-electron chi connectivity index (χ2n) is 6.72. The zero-order valence-electron chi connectivity index (χ0n) is 18.7. The van der Waals surface area contributed by atoms with E-state index in [1.807, 2.05) is 6.92 Å². The number of aliphatic imine (C=N–C) groups is 1. The molecule has 0 fully saturated rings. The van der Waals surface area contributed by atoms with Gasteiger partial charge >= 0.3 is 0 Å². The summed E-state index contributed by atoms with van der Waals surface area (Å²) >= 11 is 1.78. The molecule has 0 aliphatic carbocycles. The highest BCUT2D eigenvalue weighted by Crippen LogP contribution is 2.20. The van der Waals surface area contributed by atoms with Gasteiger partial charge in [-0.05, 0) is 38.8 Å². The molecular formula is C22H35IN4O2S. The lowest BCUT2D eigenvalue weighted by Gasteiger charge is -2.15. The van der Waals surface area contributed by atoms with Gasteiger partial charge in [-0.25, -0.2) is 4.98 Å². The summed E-state index contributed by atoms with van der Waals surface area (Å²) in [4.78, 5) is 10.3. The maximum atomic E-state index is 5.92. The van der Waals surface area contributed by atoms with Crippen LogP contribution in [0.5, 0.6) is 5.75 Å². The summed E-state index contributed by atoms with van der Waals surface area (Å²) in [6, 6.07) is 6.25. The first kappa shape index (κ1) is 26.6. The van der Waals surface area contributed by atoms with Crippen molar-refractivity contribution in [2.24, 2.45) is 4.99 Å². The van der Waals surface area contributed by atoms with Gasteiger partial charge in [0, 0.05) is 43.6 Å². The summed E-state index contributed by atoms with van der Waals surface area (Å²) in [7, 11) is 1.78. The number of thiazole rings is 1. The number of ether oxygens (including phenoxy) is 2. The molecule has 0 radical (unpaired) electrons. The molecule has 0 saturated carbocycles. The van der Waals surface area contributed by atoms with E-state index in [4.69, 9.17) is 14.5 Å². The quantitative estimate of drug-likeness (QED) is 0.191. The summed E-state index contributed by atoms with van der Waals surface area (Å²) in [6.45, 7) is 11.6. The predicted octanol–water partition coefficient (Wildman–Crippen LogP) is 4.26. The Bertz CT molecular complexity index is 795. The van der Waals surface area contributed by atoms with Crippen molar-refractivity contribution in [1.29, 1.82) is 0 Å². The second-order valence-corrected chi connectivity index (χ2v) is 8.01. The van der Waals surface area contributed by atoms with Crippen LogP contribution >= 0.6 is 35.3 Å². The van der Waals surface area contributed by atoms with Gasteiger partial charge < -0.3 is 20.1 Å². The monoisotopic (exact) mass is 546 g/mol. The van der Waals surface area contributed by atoms with Crippen LogP contribution in [0.15, 0.2) is 23.2 Å². The van der Waals surface area contributed by atoms with E-state index in [9.17, 15) is 0 Å². The lowest BCUT2D eigenvalue weighted by molar-refractivity contribution is 0.110. The molecular weight excluding hydrogens is 511 g/mol. The number of nitrogens with one attached hydrogen (secondary N) is 2. The van der Waals surface area contributed by atoms with Crippen molar-refractivity contribution < 1.29 is 9.47 Å².